The first-order chi connectivity index (χ1) is 8.26. The van der Waals surface area contributed by atoms with Crippen LogP contribution in [0.3, 0.4) is 0 Å². The number of hydrogen-bond acceptors (Lipinski definition) is 4. The molecule has 0 spiro atoms. The van der Waals surface area contributed by atoms with Crippen molar-refractivity contribution >= 4 is 15.9 Å². The number of ether oxygens (including phenoxy) is 1. The van der Waals surface area contributed by atoms with Crippen LogP contribution >= 0.6 is 15.9 Å². The fourth-order valence-electron chi connectivity index (χ4n) is 1.40. The quantitative estimate of drug-likeness (QED) is 0.870. The molecule has 0 N–H and O–H groups in total. The average Bonchev–Trinajstić information content (AvgIpc) is 2.72. The van der Waals surface area contributed by atoms with E-state index >= 15 is 0 Å². The second-order valence-corrected chi connectivity index (χ2v) is 4.04. The van der Waals surface area contributed by atoms with Crippen LogP contribution < -0.4 is 4.74 Å². The number of halogens is 1. The van der Waals surface area contributed by atoms with Gasteiger partial charge in [-0.2, -0.15) is 5.26 Å². The topological polar surface area (TPSA) is 59.1 Å². The van der Waals surface area contributed by atoms with Gasteiger partial charge in [-0.15, -0.1) is 0 Å². The van der Waals surface area contributed by atoms with Gasteiger partial charge in [0.05, 0.1) is 6.61 Å². The van der Waals surface area contributed by atoms with Crippen molar-refractivity contribution in [3.63, 3.8) is 0 Å². The van der Waals surface area contributed by atoms with Crippen LogP contribution in [0.25, 0.3) is 11.3 Å². The molecule has 0 aliphatic heterocycles. The Morgan fingerprint density at radius 2 is 2.12 bits per heavy atom. The van der Waals surface area contributed by atoms with E-state index in [-0.39, 0.29) is 5.69 Å². The number of hydrogen-bond donors (Lipinski definition) is 0. The molecule has 86 valence electrons. The van der Waals surface area contributed by atoms with E-state index in [0.717, 1.165) is 11.3 Å². The van der Waals surface area contributed by atoms with Crippen molar-refractivity contribution in [2.24, 2.45) is 0 Å². The van der Waals surface area contributed by atoms with Crippen LogP contribution in [0.5, 0.6) is 5.75 Å². The third kappa shape index (κ3) is 2.32. The van der Waals surface area contributed by atoms with Gasteiger partial charge >= 0.3 is 0 Å². The maximum atomic E-state index is 8.77. The fraction of sp³-hybridized carbons (Fsp3) is 0.167. The van der Waals surface area contributed by atoms with Crippen molar-refractivity contribution in [1.29, 1.82) is 5.26 Å². The molecule has 0 unspecified atom stereocenters. The Balaban J connectivity index is 2.34. The van der Waals surface area contributed by atoms with E-state index in [0.29, 0.717) is 16.8 Å². The van der Waals surface area contributed by atoms with Gasteiger partial charge in [0.1, 0.15) is 16.3 Å². The Bertz CT molecular complexity index is 555. The highest BCUT2D eigenvalue weighted by molar-refractivity contribution is 9.10. The van der Waals surface area contributed by atoms with Crippen molar-refractivity contribution in [3.8, 4) is 23.1 Å². The highest BCUT2D eigenvalue weighted by Crippen LogP contribution is 2.31. The lowest BCUT2D eigenvalue weighted by atomic mass is 10.1. The second-order valence-electron chi connectivity index (χ2n) is 3.24. The van der Waals surface area contributed by atoms with Crippen LogP contribution in [0.15, 0.2) is 33.3 Å². The molecule has 17 heavy (non-hydrogen) atoms. The van der Waals surface area contributed by atoms with Crippen molar-refractivity contribution < 1.29 is 9.26 Å². The second kappa shape index (κ2) is 5.02. The third-order valence-corrected chi connectivity index (χ3v) is 2.90. The molecule has 2 aromatic rings. The predicted octanol–water partition coefficient (Wildman–Crippen LogP) is 3.37. The maximum absolute atomic E-state index is 8.77. The number of nitrogens with zero attached hydrogens (tertiary/aromatic N) is 2. The van der Waals surface area contributed by atoms with E-state index in [4.69, 9.17) is 14.5 Å². The first-order valence-corrected chi connectivity index (χ1v) is 5.84. The van der Waals surface area contributed by atoms with Crippen LogP contribution in [0.2, 0.25) is 0 Å². The highest BCUT2D eigenvalue weighted by atomic mass is 79.9. The van der Waals surface area contributed by atoms with E-state index in [1.165, 1.54) is 0 Å². The predicted molar refractivity (Wildman–Crippen MR) is 65.5 cm³/mol. The lowest BCUT2D eigenvalue weighted by Crippen LogP contribution is -1.90. The molecule has 5 heteroatoms. The van der Waals surface area contributed by atoms with Gasteiger partial charge in [0.25, 0.3) is 0 Å². The molecule has 0 radical (unpaired) electrons. The summed E-state index contributed by atoms with van der Waals surface area (Å²) in [6.07, 6.45) is 0. The van der Waals surface area contributed by atoms with Gasteiger partial charge in [0, 0.05) is 5.56 Å². The maximum Gasteiger partial charge on any atom is 0.198 e. The Labute approximate surface area is 107 Å². The molecule has 0 amide bonds. The van der Waals surface area contributed by atoms with Crippen LogP contribution in [0, 0.1) is 11.3 Å². The largest absolute Gasteiger partial charge is 0.494 e. The monoisotopic (exact) mass is 292 g/mol. The summed E-state index contributed by atoms with van der Waals surface area (Å²) in [5.41, 5.74) is 1.09. The summed E-state index contributed by atoms with van der Waals surface area (Å²) in [6, 6.07) is 9.35. The summed E-state index contributed by atoms with van der Waals surface area (Å²) in [6.45, 7) is 2.56. The Kier molecular flexibility index (Phi) is 3.45. The van der Waals surface area contributed by atoms with Crippen LogP contribution in [-0.4, -0.2) is 11.8 Å². The smallest absolute Gasteiger partial charge is 0.198 e. The molecule has 0 saturated carbocycles. The molecule has 0 saturated heterocycles. The van der Waals surface area contributed by atoms with Gasteiger partial charge in [-0.3, -0.25) is 0 Å². The summed E-state index contributed by atoms with van der Waals surface area (Å²) >= 11 is 3.29. The van der Waals surface area contributed by atoms with Crippen molar-refractivity contribution in [1.82, 2.24) is 5.16 Å². The molecule has 1 heterocycles. The summed E-state index contributed by atoms with van der Waals surface area (Å²) < 4.78 is 11.0. The Morgan fingerprint density at radius 3 is 2.65 bits per heavy atom. The van der Waals surface area contributed by atoms with E-state index in [9.17, 15) is 0 Å². The minimum atomic E-state index is 0.244. The molecule has 0 aliphatic carbocycles. The van der Waals surface area contributed by atoms with Crippen molar-refractivity contribution in [2.45, 2.75) is 6.92 Å². The van der Waals surface area contributed by atoms with Crippen LogP contribution in [0.1, 0.15) is 12.6 Å². The van der Waals surface area contributed by atoms with Gasteiger partial charge in [-0.1, -0.05) is 5.16 Å². The zero-order chi connectivity index (χ0) is 12.3. The number of rotatable bonds is 3. The fourth-order valence-corrected chi connectivity index (χ4v) is 1.86. The molecule has 0 aliphatic rings. The normalized spacial score (nSPS) is 9.94. The summed E-state index contributed by atoms with van der Waals surface area (Å²) in [7, 11) is 0. The number of benzene rings is 1. The van der Waals surface area contributed by atoms with Crippen molar-refractivity contribution in [3.05, 3.63) is 34.4 Å². The first-order valence-electron chi connectivity index (χ1n) is 5.04. The Hall–Kier alpha value is -1.80. The van der Waals surface area contributed by atoms with E-state index in [1.807, 2.05) is 37.3 Å². The molecule has 1 aromatic carbocycles. The van der Waals surface area contributed by atoms with Crippen LogP contribution in [-0.2, 0) is 0 Å². The van der Waals surface area contributed by atoms with Gasteiger partial charge in [-0.05, 0) is 47.1 Å². The SMILES string of the molecule is CCOc1ccc(-c2onc(C#N)c2Br)cc1. The molecule has 0 bridgehead atoms. The Morgan fingerprint density at radius 1 is 1.41 bits per heavy atom. The summed E-state index contributed by atoms with van der Waals surface area (Å²) in [5.74, 6) is 1.34. The van der Waals surface area contributed by atoms with Gasteiger partial charge < -0.3 is 9.26 Å². The summed E-state index contributed by atoms with van der Waals surface area (Å²) in [5, 5.41) is 12.4. The molecule has 0 atom stereocenters. The first kappa shape index (κ1) is 11.7. The molecule has 1 aromatic heterocycles. The molecule has 0 fully saturated rings. The van der Waals surface area contributed by atoms with E-state index in [1.54, 1.807) is 0 Å². The standard InChI is InChI=1S/C12H9BrN2O2/c1-2-16-9-5-3-8(4-6-9)12-11(13)10(7-14)15-17-12/h3-6H,2H2,1H3. The molecule has 2 rings (SSSR count). The lowest BCUT2D eigenvalue weighted by Gasteiger charge is -2.02. The zero-order valence-electron chi connectivity index (χ0n) is 9.11. The summed E-state index contributed by atoms with van der Waals surface area (Å²) in [4.78, 5) is 0. The minimum Gasteiger partial charge on any atom is -0.494 e. The molecule has 4 nitrogen and oxygen atoms in total. The van der Waals surface area contributed by atoms with Gasteiger partial charge in [0.15, 0.2) is 11.5 Å². The van der Waals surface area contributed by atoms with Gasteiger partial charge in [-0.25, -0.2) is 0 Å². The van der Waals surface area contributed by atoms with Crippen molar-refractivity contribution in [2.75, 3.05) is 6.61 Å². The van der Waals surface area contributed by atoms with Crippen LogP contribution in [0.4, 0.5) is 0 Å². The average molecular weight is 293 g/mol. The highest BCUT2D eigenvalue weighted by Gasteiger charge is 2.14. The molecular weight excluding hydrogens is 284 g/mol. The van der Waals surface area contributed by atoms with E-state index in [2.05, 4.69) is 21.1 Å². The minimum absolute atomic E-state index is 0.244. The lowest BCUT2D eigenvalue weighted by molar-refractivity contribution is 0.340. The zero-order valence-corrected chi connectivity index (χ0v) is 10.7. The number of nitriles is 1. The van der Waals surface area contributed by atoms with Gasteiger partial charge in [0.2, 0.25) is 0 Å². The number of aromatic nitrogens is 1. The van der Waals surface area contributed by atoms with E-state index < -0.39 is 0 Å². The molecular formula is C12H9BrN2O2. The third-order valence-electron chi connectivity index (χ3n) is 2.17.